The molecule has 0 amide bonds. The fraction of sp³-hybridized carbons (Fsp3) is 0.538. The molecule has 2 unspecified atom stereocenters. The van der Waals surface area contributed by atoms with Gasteiger partial charge in [-0.1, -0.05) is 38.1 Å². The molecule has 14 heavy (non-hydrogen) atoms. The first-order valence-corrected chi connectivity index (χ1v) is 5.48. The van der Waals surface area contributed by atoms with Gasteiger partial charge < -0.3 is 5.73 Å². The summed E-state index contributed by atoms with van der Waals surface area (Å²) < 4.78 is 0. The highest BCUT2D eigenvalue weighted by atomic mass is 14.6. The SMILES string of the molecule is CCC(C)c1ccc(CC(C)N)cc1. The van der Waals surface area contributed by atoms with Crippen LogP contribution in [0.3, 0.4) is 0 Å². The summed E-state index contributed by atoms with van der Waals surface area (Å²) in [5.41, 5.74) is 8.52. The predicted molar refractivity (Wildman–Crippen MR) is 62.5 cm³/mol. The lowest BCUT2D eigenvalue weighted by molar-refractivity contribution is 0.725. The Bertz CT molecular complexity index is 261. The normalized spacial score (nSPS) is 15.1. The molecular weight excluding hydrogens is 170 g/mol. The lowest BCUT2D eigenvalue weighted by atomic mass is 9.96. The predicted octanol–water partition coefficient (Wildman–Crippen LogP) is 3.09. The van der Waals surface area contributed by atoms with Gasteiger partial charge in [0.1, 0.15) is 0 Å². The molecule has 0 saturated heterocycles. The molecule has 0 aromatic heterocycles. The summed E-state index contributed by atoms with van der Waals surface area (Å²) in [6.07, 6.45) is 2.17. The van der Waals surface area contributed by atoms with Crippen LogP contribution in [0.4, 0.5) is 0 Å². The minimum atomic E-state index is 0.254. The van der Waals surface area contributed by atoms with Crippen LogP contribution in [-0.4, -0.2) is 6.04 Å². The zero-order chi connectivity index (χ0) is 10.6. The van der Waals surface area contributed by atoms with Crippen molar-refractivity contribution in [3.05, 3.63) is 35.4 Å². The van der Waals surface area contributed by atoms with Gasteiger partial charge >= 0.3 is 0 Å². The molecule has 0 spiro atoms. The van der Waals surface area contributed by atoms with Crippen LogP contribution < -0.4 is 5.73 Å². The summed E-state index contributed by atoms with van der Waals surface area (Å²) in [6.45, 7) is 6.53. The second kappa shape index (κ2) is 5.16. The lowest BCUT2D eigenvalue weighted by Gasteiger charge is -2.10. The smallest absolute Gasteiger partial charge is 0.00509 e. The van der Waals surface area contributed by atoms with Crippen LogP contribution in [-0.2, 0) is 6.42 Å². The second-order valence-corrected chi connectivity index (χ2v) is 4.23. The maximum Gasteiger partial charge on any atom is 0.00509 e. The zero-order valence-electron chi connectivity index (χ0n) is 9.46. The van der Waals surface area contributed by atoms with Gasteiger partial charge in [-0.2, -0.15) is 0 Å². The summed E-state index contributed by atoms with van der Waals surface area (Å²) in [4.78, 5) is 0. The van der Waals surface area contributed by atoms with E-state index in [4.69, 9.17) is 5.73 Å². The van der Waals surface area contributed by atoms with Crippen LogP contribution in [0.5, 0.6) is 0 Å². The average Bonchev–Trinajstić information content (AvgIpc) is 2.17. The van der Waals surface area contributed by atoms with E-state index in [1.165, 1.54) is 17.5 Å². The van der Waals surface area contributed by atoms with Crippen LogP contribution in [0, 0.1) is 0 Å². The van der Waals surface area contributed by atoms with Crippen LogP contribution in [0.25, 0.3) is 0 Å². The third-order valence-corrected chi connectivity index (χ3v) is 2.72. The first-order chi connectivity index (χ1) is 6.63. The van der Waals surface area contributed by atoms with Gasteiger partial charge in [0.15, 0.2) is 0 Å². The molecule has 0 heterocycles. The standard InChI is InChI=1S/C13H21N/c1-4-10(2)13-7-5-12(6-8-13)9-11(3)14/h5-8,10-11H,4,9,14H2,1-3H3. The van der Waals surface area contributed by atoms with E-state index in [-0.39, 0.29) is 6.04 Å². The average molecular weight is 191 g/mol. The molecule has 0 saturated carbocycles. The molecule has 1 nitrogen and oxygen atoms in total. The van der Waals surface area contributed by atoms with Crippen LogP contribution >= 0.6 is 0 Å². The summed E-state index contributed by atoms with van der Waals surface area (Å²) in [5.74, 6) is 0.666. The number of rotatable bonds is 4. The summed E-state index contributed by atoms with van der Waals surface area (Å²) in [5, 5.41) is 0. The van der Waals surface area contributed by atoms with Gasteiger partial charge in [0.05, 0.1) is 0 Å². The van der Waals surface area contributed by atoms with Crippen molar-refractivity contribution in [3.63, 3.8) is 0 Å². The van der Waals surface area contributed by atoms with E-state index in [2.05, 4.69) is 38.1 Å². The Morgan fingerprint density at radius 2 is 1.71 bits per heavy atom. The molecule has 1 aromatic carbocycles. The van der Waals surface area contributed by atoms with Crippen molar-refractivity contribution in [1.29, 1.82) is 0 Å². The summed E-state index contributed by atoms with van der Waals surface area (Å²) in [6, 6.07) is 9.11. The van der Waals surface area contributed by atoms with Gasteiger partial charge in [0, 0.05) is 6.04 Å². The number of benzene rings is 1. The molecule has 1 heteroatoms. The van der Waals surface area contributed by atoms with Crippen molar-refractivity contribution in [3.8, 4) is 0 Å². The van der Waals surface area contributed by atoms with Crippen molar-refractivity contribution in [1.82, 2.24) is 0 Å². The molecule has 1 aromatic rings. The van der Waals surface area contributed by atoms with Crippen molar-refractivity contribution in [2.24, 2.45) is 5.73 Å². The Labute approximate surface area is 87.3 Å². The van der Waals surface area contributed by atoms with Gasteiger partial charge in [0.2, 0.25) is 0 Å². The molecule has 0 aliphatic heterocycles. The Morgan fingerprint density at radius 3 is 2.14 bits per heavy atom. The van der Waals surface area contributed by atoms with Gasteiger partial charge in [0.25, 0.3) is 0 Å². The molecule has 0 fully saturated rings. The van der Waals surface area contributed by atoms with Crippen molar-refractivity contribution < 1.29 is 0 Å². The molecule has 0 bridgehead atoms. The molecular formula is C13H21N. The van der Waals surface area contributed by atoms with E-state index in [1.807, 2.05) is 6.92 Å². The van der Waals surface area contributed by atoms with Crippen LogP contribution in [0.1, 0.15) is 44.2 Å². The van der Waals surface area contributed by atoms with E-state index < -0.39 is 0 Å². The molecule has 0 aliphatic rings. The highest BCUT2D eigenvalue weighted by Crippen LogP contribution is 2.18. The third-order valence-electron chi connectivity index (χ3n) is 2.72. The first kappa shape index (κ1) is 11.3. The Balaban J connectivity index is 2.68. The largest absolute Gasteiger partial charge is 0.328 e. The van der Waals surface area contributed by atoms with E-state index in [0.717, 1.165) is 6.42 Å². The highest BCUT2D eigenvalue weighted by molar-refractivity contribution is 5.25. The van der Waals surface area contributed by atoms with Gasteiger partial charge in [-0.25, -0.2) is 0 Å². The third kappa shape index (κ3) is 3.15. The maximum atomic E-state index is 5.75. The maximum absolute atomic E-state index is 5.75. The molecule has 2 atom stereocenters. The van der Waals surface area contributed by atoms with Crippen molar-refractivity contribution in [2.45, 2.75) is 45.6 Å². The van der Waals surface area contributed by atoms with E-state index in [1.54, 1.807) is 0 Å². The lowest BCUT2D eigenvalue weighted by Crippen LogP contribution is -2.17. The molecule has 1 rings (SSSR count). The molecule has 2 N–H and O–H groups in total. The summed E-state index contributed by atoms with van der Waals surface area (Å²) >= 11 is 0. The van der Waals surface area contributed by atoms with Crippen molar-refractivity contribution in [2.75, 3.05) is 0 Å². The minimum Gasteiger partial charge on any atom is -0.328 e. The monoisotopic (exact) mass is 191 g/mol. The van der Waals surface area contributed by atoms with Gasteiger partial charge in [-0.15, -0.1) is 0 Å². The van der Waals surface area contributed by atoms with Gasteiger partial charge in [-0.05, 0) is 36.8 Å². The Hall–Kier alpha value is -0.820. The van der Waals surface area contributed by atoms with Gasteiger partial charge in [-0.3, -0.25) is 0 Å². The Morgan fingerprint density at radius 1 is 1.14 bits per heavy atom. The topological polar surface area (TPSA) is 26.0 Å². The van der Waals surface area contributed by atoms with Crippen molar-refractivity contribution >= 4 is 0 Å². The number of nitrogens with two attached hydrogens (primary N) is 1. The minimum absolute atomic E-state index is 0.254. The molecule has 0 radical (unpaired) electrons. The van der Waals surface area contributed by atoms with E-state index in [0.29, 0.717) is 5.92 Å². The second-order valence-electron chi connectivity index (χ2n) is 4.23. The quantitative estimate of drug-likeness (QED) is 0.777. The van der Waals surface area contributed by atoms with Crippen LogP contribution in [0.15, 0.2) is 24.3 Å². The first-order valence-electron chi connectivity index (χ1n) is 5.48. The number of hydrogen-bond donors (Lipinski definition) is 1. The molecule has 0 aliphatic carbocycles. The van der Waals surface area contributed by atoms with E-state index in [9.17, 15) is 0 Å². The summed E-state index contributed by atoms with van der Waals surface area (Å²) in [7, 11) is 0. The fourth-order valence-corrected chi connectivity index (χ4v) is 1.59. The number of hydrogen-bond acceptors (Lipinski definition) is 1. The Kier molecular flexibility index (Phi) is 4.15. The zero-order valence-corrected chi connectivity index (χ0v) is 9.46. The molecule has 78 valence electrons. The highest BCUT2D eigenvalue weighted by Gasteiger charge is 2.03. The van der Waals surface area contributed by atoms with E-state index >= 15 is 0 Å². The van der Waals surface area contributed by atoms with Crippen LogP contribution in [0.2, 0.25) is 0 Å². The fourth-order valence-electron chi connectivity index (χ4n) is 1.59.